The van der Waals surface area contributed by atoms with E-state index >= 15 is 9.59 Å². The number of phenolic OH excluding ortho intramolecular Hbond substituents is 1. The molecule has 1 aromatic carbocycles. The maximum atomic E-state index is 15.6. The van der Waals surface area contributed by atoms with Gasteiger partial charge < -0.3 is 45.4 Å². The number of aliphatic hydroxyl groups excluding tert-OH is 4. The van der Waals surface area contributed by atoms with Gasteiger partial charge in [0.25, 0.3) is 0 Å². The van der Waals surface area contributed by atoms with Gasteiger partial charge >= 0.3 is 0 Å². The number of carbonyl (C=O) groups excluding carboxylic acids is 2. The summed E-state index contributed by atoms with van der Waals surface area (Å²) in [5, 5.41) is 84.9. The smallest absolute Gasteiger partial charge is 0.234 e. The van der Waals surface area contributed by atoms with Crippen molar-refractivity contribution in [2.24, 2.45) is 63.1 Å². The molecule has 1 aromatic rings. The van der Waals surface area contributed by atoms with Gasteiger partial charge in [-0.15, -0.1) is 0 Å². The molecular formula is C52H77NO10S2. The van der Waals surface area contributed by atoms with Gasteiger partial charge in [-0.2, -0.15) is 0 Å². The molecule has 8 bridgehead atoms. The van der Waals surface area contributed by atoms with Crippen molar-refractivity contribution < 1.29 is 50.1 Å². The summed E-state index contributed by atoms with van der Waals surface area (Å²) in [7, 11) is 2.68. The van der Waals surface area contributed by atoms with Crippen molar-refractivity contribution in [1.29, 1.82) is 0 Å². The third-order valence-electron chi connectivity index (χ3n) is 20.0. The number of fused-ring (bicyclic) bond motifs is 2. The van der Waals surface area contributed by atoms with Crippen LogP contribution in [0, 0.1) is 63.1 Å². The number of hydrogen-bond donors (Lipinski definition) is 7. The molecule has 4 saturated carbocycles. The summed E-state index contributed by atoms with van der Waals surface area (Å²) in [5.41, 5.74) is -6.38. The van der Waals surface area contributed by atoms with Gasteiger partial charge in [0.15, 0.2) is 5.78 Å². The molecule has 2 saturated heterocycles. The van der Waals surface area contributed by atoms with Gasteiger partial charge in [-0.25, -0.2) is 0 Å². The SMILES string of the molecule is CCCCCC1CN2C(=O)C13C(CO)CCCC3CSSC(O)C13CC(O)C(O)CC1(C)C1CCC4(CCc5cc(O)cc2c5)C(C(C)(O)C2OC2C(C)C(C)C)CCC4(O)C1=CC3=O. The molecular weight excluding hydrogens is 863 g/mol. The number of carbonyl (C=O) groups is 2. The summed E-state index contributed by atoms with van der Waals surface area (Å²) in [6.45, 7) is 12.8. The molecule has 13 heteroatoms. The summed E-state index contributed by atoms with van der Waals surface area (Å²) in [6.07, 6.45) is 7.52. The standard InChI is InChI=1S/C52H77NO10S2/c1-7-8-9-11-32-26-53-35-20-31(21-36(55)22-35)14-17-49-18-15-37-38(51(49,62)19-16-41(49)48(6,61)44-43(63-44)30(4)29(2)3)23-42(58)50(25-40(57)39(56)24-47(37,50)5)46(60)65-64-28-34-13-10-12-33(27-54)52(32,34)45(53)59/h20-23,29-30,32-34,37,39-41,43-44,46,54-57,60-62H,7-19,24-28H2,1-6H3. The molecule has 1 amide bonds. The first kappa shape index (κ1) is 48.3. The fraction of sp³-hybridized carbons (Fsp3) is 0.808. The van der Waals surface area contributed by atoms with E-state index in [0.717, 1.165) is 50.5 Å². The molecule has 0 radical (unpaired) electrons. The first-order valence-electron chi connectivity index (χ1n) is 25.2. The molecule has 10 aliphatic rings. The van der Waals surface area contributed by atoms with Crippen molar-refractivity contribution in [2.45, 2.75) is 179 Å². The molecule has 11 nitrogen and oxygen atoms in total. The molecule has 17 atom stereocenters. The number of phenols is 1. The zero-order valence-electron chi connectivity index (χ0n) is 39.6. The van der Waals surface area contributed by atoms with Crippen molar-refractivity contribution in [3.8, 4) is 5.75 Å². The summed E-state index contributed by atoms with van der Waals surface area (Å²) in [4.78, 5) is 32.8. The predicted octanol–water partition coefficient (Wildman–Crippen LogP) is 7.34. The number of aliphatic hydroxyl groups is 6. The number of aryl methyl sites for hydroxylation is 1. The lowest BCUT2D eigenvalue weighted by Gasteiger charge is -2.65. The number of amides is 1. The fourth-order valence-electron chi connectivity index (χ4n) is 16.2. The van der Waals surface area contributed by atoms with E-state index in [1.807, 2.05) is 24.8 Å². The number of ether oxygens (including phenoxy) is 1. The number of nitrogens with zero attached hydrogens (tertiary/aromatic N) is 1. The molecule has 5 aliphatic carbocycles. The number of ketones is 1. The van der Waals surface area contributed by atoms with Crippen molar-refractivity contribution in [3.63, 3.8) is 0 Å². The summed E-state index contributed by atoms with van der Waals surface area (Å²) >= 11 is 0. The summed E-state index contributed by atoms with van der Waals surface area (Å²) < 4.78 is 6.37. The number of benzene rings is 1. The maximum absolute atomic E-state index is 15.6. The lowest BCUT2D eigenvalue weighted by atomic mass is 9.40. The second kappa shape index (κ2) is 17.3. The highest BCUT2D eigenvalue weighted by Gasteiger charge is 2.75. The van der Waals surface area contributed by atoms with E-state index in [2.05, 4.69) is 27.7 Å². The van der Waals surface area contributed by atoms with Crippen molar-refractivity contribution >= 4 is 39.0 Å². The number of unbranched alkanes of at least 4 members (excludes halogenated alkanes) is 2. The monoisotopic (exact) mass is 939 g/mol. The van der Waals surface area contributed by atoms with Gasteiger partial charge in [0, 0.05) is 36.1 Å². The molecule has 3 spiro atoms. The maximum Gasteiger partial charge on any atom is 0.234 e. The van der Waals surface area contributed by atoms with E-state index < -0.39 is 68.4 Å². The van der Waals surface area contributed by atoms with Crippen LogP contribution in [0.4, 0.5) is 5.69 Å². The first-order valence-corrected chi connectivity index (χ1v) is 27.6. The van der Waals surface area contributed by atoms with E-state index in [1.54, 1.807) is 18.2 Å². The van der Waals surface area contributed by atoms with Crippen molar-refractivity contribution in [2.75, 3.05) is 23.8 Å². The summed E-state index contributed by atoms with van der Waals surface area (Å²) in [5.74, 6) is -0.518. The Morgan fingerprint density at radius 2 is 1.72 bits per heavy atom. The van der Waals surface area contributed by atoms with Gasteiger partial charge in [-0.05, 0) is 154 Å². The zero-order valence-corrected chi connectivity index (χ0v) is 41.2. The van der Waals surface area contributed by atoms with Crippen LogP contribution in [-0.4, -0.2) is 107 Å². The highest BCUT2D eigenvalue weighted by Crippen LogP contribution is 2.74. The van der Waals surface area contributed by atoms with E-state index in [0.29, 0.717) is 68.0 Å². The van der Waals surface area contributed by atoms with Gasteiger partial charge in [0.05, 0.1) is 40.3 Å². The van der Waals surface area contributed by atoms with E-state index in [9.17, 15) is 35.7 Å². The second-order valence-corrected chi connectivity index (χ2v) is 25.6. The van der Waals surface area contributed by atoms with Crippen molar-refractivity contribution in [3.05, 3.63) is 35.4 Å². The van der Waals surface area contributed by atoms with E-state index in [1.165, 1.54) is 21.6 Å². The minimum atomic E-state index is -1.53. The molecule has 5 aliphatic heterocycles. The number of allylic oxidation sites excluding steroid dienone is 1. The quantitative estimate of drug-likeness (QED) is 0.0742. The first-order chi connectivity index (χ1) is 30.8. The topological polar surface area (TPSA) is 192 Å². The highest BCUT2D eigenvalue weighted by molar-refractivity contribution is 8.76. The van der Waals surface area contributed by atoms with Gasteiger partial charge in [-0.1, -0.05) is 81.9 Å². The van der Waals surface area contributed by atoms with Crippen LogP contribution in [0.1, 0.15) is 137 Å². The molecule has 17 unspecified atom stereocenters. The molecule has 0 aromatic heterocycles. The van der Waals surface area contributed by atoms with E-state index in [4.69, 9.17) is 4.74 Å². The highest BCUT2D eigenvalue weighted by atomic mass is 33.1. The Kier molecular flexibility index (Phi) is 12.9. The predicted molar refractivity (Wildman–Crippen MR) is 254 cm³/mol. The summed E-state index contributed by atoms with van der Waals surface area (Å²) in [6, 6.07) is 5.45. The normalized spacial score (nSPS) is 45.2. The van der Waals surface area contributed by atoms with Gasteiger partial charge in [0.1, 0.15) is 17.3 Å². The number of anilines is 1. The zero-order chi connectivity index (χ0) is 46.6. The van der Waals surface area contributed by atoms with Crippen LogP contribution in [0.3, 0.4) is 0 Å². The molecule has 7 N–H and O–H groups in total. The lowest BCUT2D eigenvalue weighted by Crippen LogP contribution is -2.68. The minimum absolute atomic E-state index is 0.0214. The number of rotatable bonds is 9. The average molecular weight is 940 g/mol. The van der Waals surface area contributed by atoms with Gasteiger partial charge in [-0.3, -0.25) is 9.59 Å². The minimum Gasteiger partial charge on any atom is -0.508 e. The average Bonchev–Trinajstić information content (AvgIpc) is 3.94. The number of epoxide rings is 1. The second-order valence-electron chi connectivity index (χ2n) is 23.1. The molecule has 11 rings (SSSR count). The number of aromatic hydroxyl groups is 1. The Morgan fingerprint density at radius 3 is 2.45 bits per heavy atom. The Balaban J connectivity index is 1.20. The van der Waals surface area contributed by atoms with Crippen LogP contribution in [0.5, 0.6) is 5.75 Å². The van der Waals surface area contributed by atoms with Crippen LogP contribution in [0.2, 0.25) is 0 Å². The van der Waals surface area contributed by atoms with Crippen LogP contribution in [0.15, 0.2) is 29.8 Å². The molecule has 5 heterocycles. The van der Waals surface area contributed by atoms with Crippen LogP contribution >= 0.6 is 21.6 Å². The molecule has 65 heavy (non-hydrogen) atoms. The van der Waals surface area contributed by atoms with Crippen LogP contribution < -0.4 is 4.90 Å². The lowest BCUT2D eigenvalue weighted by molar-refractivity contribution is -0.198. The Hall–Kier alpha value is -1.68. The largest absolute Gasteiger partial charge is 0.508 e. The third kappa shape index (κ3) is 7.05. The Bertz CT molecular complexity index is 2030. The molecule has 362 valence electrons. The number of hydrogen-bond acceptors (Lipinski definition) is 12. The van der Waals surface area contributed by atoms with Crippen LogP contribution in [0.25, 0.3) is 0 Å². The van der Waals surface area contributed by atoms with Crippen LogP contribution in [-0.2, 0) is 20.7 Å². The third-order valence-corrected chi connectivity index (χ3v) is 22.7. The van der Waals surface area contributed by atoms with Crippen molar-refractivity contribution in [1.82, 2.24) is 0 Å². The Morgan fingerprint density at radius 1 is 0.969 bits per heavy atom. The Labute approximate surface area is 394 Å². The van der Waals surface area contributed by atoms with E-state index in [-0.39, 0.29) is 66.7 Å². The molecule has 6 fully saturated rings. The van der Waals surface area contributed by atoms with Gasteiger partial charge in [0.2, 0.25) is 5.91 Å². The fourth-order valence-corrected chi connectivity index (χ4v) is 19.3.